The van der Waals surface area contributed by atoms with Gasteiger partial charge in [-0.15, -0.1) is 0 Å². The van der Waals surface area contributed by atoms with Crippen LogP contribution in [0.15, 0.2) is 36.5 Å². The zero-order valence-electron chi connectivity index (χ0n) is 23.9. The van der Waals surface area contributed by atoms with Gasteiger partial charge in [0.05, 0.1) is 30.6 Å². The number of halogens is 2. The average molecular weight is 579 g/mol. The Morgan fingerprint density at radius 3 is 2.64 bits per heavy atom. The smallest absolute Gasteiger partial charge is 0.256 e. The molecule has 2 aromatic carbocycles. The summed E-state index contributed by atoms with van der Waals surface area (Å²) in [5, 5.41) is 8.81. The first-order chi connectivity index (χ1) is 20.0. The number of nitrogens with one attached hydrogen (secondary N) is 4. The lowest BCUT2D eigenvalue weighted by Crippen LogP contribution is -2.36. The highest BCUT2D eigenvalue weighted by molar-refractivity contribution is 6.01. The average Bonchev–Trinajstić information content (AvgIpc) is 3.56. The van der Waals surface area contributed by atoms with Crippen LogP contribution in [0, 0.1) is 11.6 Å². The Balaban J connectivity index is 1.52. The minimum absolute atomic E-state index is 0.0164. The predicted molar refractivity (Wildman–Crippen MR) is 156 cm³/mol. The summed E-state index contributed by atoms with van der Waals surface area (Å²) in [5.41, 5.74) is 2.43. The maximum absolute atomic E-state index is 14.9. The molecular formula is C29H32F2N8O3. The SMILES string of the molecule is COc1cc2c(cc1Nc1nc(Nc3ccc(F)c(F)c3C(=O)NC(C)C)c3ccnc-3[nH]1)N(C(=O)CN(C)C)CC2. The van der Waals surface area contributed by atoms with Crippen molar-refractivity contribution in [3.05, 3.63) is 59.3 Å². The Morgan fingerprint density at radius 1 is 1.14 bits per heavy atom. The fourth-order valence-corrected chi connectivity index (χ4v) is 4.85. The second-order valence-electron chi connectivity index (χ2n) is 10.5. The number of hydrogen-bond acceptors (Lipinski definition) is 8. The van der Waals surface area contributed by atoms with Crippen LogP contribution in [0.5, 0.6) is 5.75 Å². The van der Waals surface area contributed by atoms with Gasteiger partial charge in [0.1, 0.15) is 23.0 Å². The number of amides is 2. The summed E-state index contributed by atoms with van der Waals surface area (Å²) in [6.07, 6.45) is 2.27. The molecule has 11 nitrogen and oxygen atoms in total. The van der Waals surface area contributed by atoms with Crippen molar-refractivity contribution in [2.75, 3.05) is 49.8 Å². The number of anilines is 5. The summed E-state index contributed by atoms with van der Waals surface area (Å²) in [6.45, 7) is 4.29. The third-order valence-electron chi connectivity index (χ3n) is 6.71. The van der Waals surface area contributed by atoms with Gasteiger partial charge < -0.3 is 35.5 Å². The third kappa shape index (κ3) is 5.68. The number of nitrogens with zero attached hydrogens (tertiary/aromatic N) is 4. The highest BCUT2D eigenvalue weighted by Gasteiger charge is 2.28. The minimum Gasteiger partial charge on any atom is -0.495 e. The predicted octanol–water partition coefficient (Wildman–Crippen LogP) is 4.27. The Bertz CT molecular complexity index is 1620. The van der Waals surface area contributed by atoms with Gasteiger partial charge in [-0.05, 0) is 70.3 Å². The molecule has 0 aromatic heterocycles. The second-order valence-corrected chi connectivity index (χ2v) is 10.5. The molecule has 4 N–H and O–H groups in total. The highest BCUT2D eigenvalue weighted by Crippen LogP contribution is 2.39. The van der Waals surface area contributed by atoms with Gasteiger partial charge in [-0.3, -0.25) is 9.59 Å². The van der Waals surface area contributed by atoms with Gasteiger partial charge in [-0.2, -0.15) is 4.98 Å². The number of likely N-dealkylation sites (N-methyl/N-ethyl adjacent to an activating group) is 1. The molecule has 0 bridgehead atoms. The largest absolute Gasteiger partial charge is 0.495 e. The molecule has 5 rings (SSSR count). The third-order valence-corrected chi connectivity index (χ3v) is 6.71. The van der Waals surface area contributed by atoms with Crippen molar-refractivity contribution in [3.8, 4) is 17.1 Å². The topological polar surface area (TPSA) is 128 Å². The number of rotatable bonds is 9. The Morgan fingerprint density at radius 2 is 1.93 bits per heavy atom. The van der Waals surface area contributed by atoms with E-state index in [4.69, 9.17) is 4.74 Å². The van der Waals surface area contributed by atoms with Crippen molar-refractivity contribution < 1.29 is 23.1 Å². The number of benzene rings is 2. The normalized spacial score (nSPS) is 12.6. The lowest BCUT2D eigenvalue weighted by Gasteiger charge is -2.21. The lowest BCUT2D eigenvalue weighted by molar-refractivity contribution is -0.119. The van der Waals surface area contributed by atoms with E-state index in [1.807, 2.05) is 31.1 Å². The zero-order chi connectivity index (χ0) is 30.1. The van der Waals surface area contributed by atoms with Crippen LogP contribution in [0.4, 0.5) is 37.6 Å². The molecule has 2 aromatic rings. The van der Waals surface area contributed by atoms with Crippen molar-refractivity contribution >= 4 is 40.6 Å². The zero-order valence-corrected chi connectivity index (χ0v) is 23.9. The van der Waals surface area contributed by atoms with Crippen LogP contribution in [0.25, 0.3) is 11.4 Å². The molecule has 13 heteroatoms. The van der Waals surface area contributed by atoms with Crippen LogP contribution in [-0.4, -0.2) is 72.0 Å². The van der Waals surface area contributed by atoms with E-state index in [0.29, 0.717) is 35.8 Å². The maximum Gasteiger partial charge on any atom is 0.256 e. The molecule has 0 aliphatic carbocycles. The van der Waals surface area contributed by atoms with Crippen LogP contribution in [-0.2, 0) is 11.2 Å². The molecule has 2 amide bonds. The monoisotopic (exact) mass is 578 g/mol. The first-order valence-electron chi connectivity index (χ1n) is 13.4. The van der Waals surface area contributed by atoms with Gasteiger partial charge in [-0.25, -0.2) is 13.8 Å². The van der Waals surface area contributed by atoms with Crippen molar-refractivity contribution in [1.82, 2.24) is 25.2 Å². The van der Waals surface area contributed by atoms with Gasteiger partial charge in [0.2, 0.25) is 11.9 Å². The summed E-state index contributed by atoms with van der Waals surface area (Å²) in [7, 11) is 5.24. The molecule has 0 atom stereocenters. The van der Waals surface area contributed by atoms with E-state index in [1.54, 1.807) is 38.1 Å². The Labute approximate surface area is 241 Å². The molecule has 0 unspecified atom stereocenters. The van der Waals surface area contributed by atoms with Crippen molar-refractivity contribution in [2.45, 2.75) is 26.3 Å². The Hall–Kier alpha value is -4.78. The number of methoxy groups -OCH3 is 1. The number of H-pyrrole nitrogens is 1. The number of hydrogen-bond donors (Lipinski definition) is 4. The van der Waals surface area contributed by atoms with Crippen LogP contribution < -0.4 is 25.6 Å². The molecule has 0 fully saturated rings. The molecule has 0 spiro atoms. The van der Waals surface area contributed by atoms with E-state index in [2.05, 4.69) is 30.9 Å². The molecule has 42 heavy (non-hydrogen) atoms. The number of fused-ring (bicyclic) bond motifs is 2. The minimum atomic E-state index is -1.27. The second kappa shape index (κ2) is 11.6. The van der Waals surface area contributed by atoms with Gasteiger partial charge in [-0.1, -0.05) is 0 Å². The van der Waals surface area contributed by atoms with E-state index in [9.17, 15) is 18.4 Å². The summed E-state index contributed by atoms with van der Waals surface area (Å²) >= 11 is 0. The van der Waals surface area contributed by atoms with Gasteiger partial charge in [0, 0.05) is 24.5 Å². The van der Waals surface area contributed by atoms with Gasteiger partial charge in [0.15, 0.2) is 11.6 Å². The molecular weight excluding hydrogens is 546 g/mol. The van der Waals surface area contributed by atoms with Gasteiger partial charge >= 0.3 is 0 Å². The highest BCUT2D eigenvalue weighted by atomic mass is 19.2. The van der Waals surface area contributed by atoms with Crippen LogP contribution in [0.2, 0.25) is 0 Å². The van der Waals surface area contributed by atoms with Crippen molar-refractivity contribution in [2.24, 2.45) is 0 Å². The van der Waals surface area contributed by atoms with Gasteiger partial charge in [0.25, 0.3) is 5.91 Å². The molecule has 0 saturated carbocycles. The first kappa shape index (κ1) is 28.7. The van der Waals surface area contributed by atoms with E-state index in [1.165, 1.54) is 6.07 Å². The number of carbonyl (C=O) groups excluding carboxylic acids is 2. The van der Waals surface area contributed by atoms with E-state index >= 15 is 0 Å². The summed E-state index contributed by atoms with van der Waals surface area (Å²) in [4.78, 5) is 41.3. The van der Waals surface area contributed by atoms with Crippen LogP contribution in [0.3, 0.4) is 0 Å². The molecule has 220 valence electrons. The lowest BCUT2D eigenvalue weighted by atomic mass is 10.1. The van der Waals surface area contributed by atoms with Crippen LogP contribution >= 0.6 is 0 Å². The number of aromatic nitrogens is 3. The molecule has 0 saturated heterocycles. The van der Waals surface area contributed by atoms with Crippen molar-refractivity contribution in [3.63, 3.8) is 0 Å². The maximum atomic E-state index is 14.9. The van der Waals surface area contributed by atoms with Crippen molar-refractivity contribution in [1.29, 1.82) is 0 Å². The summed E-state index contributed by atoms with van der Waals surface area (Å²) < 4.78 is 34.6. The number of ether oxygens (including phenoxy) is 1. The quantitative estimate of drug-likeness (QED) is 0.232. The molecule has 0 radical (unpaired) electrons. The van der Waals surface area contributed by atoms with E-state index < -0.39 is 23.1 Å². The molecule has 3 aliphatic rings. The van der Waals surface area contributed by atoms with Crippen LogP contribution in [0.1, 0.15) is 29.8 Å². The standard InChI is InChI=1S/C29H32F2N8O3/c1-15(2)33-28(41)24-19(7-6-18(30)25(24)31)34-27-17-8-10-32-26(17)36-29(37-27)35-20-13-21-16(12-22(20)42-5)9-11-39(21)23(40)14-38(3)4/h6-8,10,12-13,15H,9,11,14H2,1-5H3,(H,33,41)(H3,32,34,35,36,37). The summed E-state index contributed by atoms with van der Waals surface area (Å²) in [5.74, 6) is -1.70. The first-order valence-corrected chi connectivity index (χ1v) is 13.4. The molecule has 3 aliphatic heterocycles. The number of carbonyl (C=O) groups is 2. The van der Waals surface area contributed by atoms with E-state index in [0.717, 1.165) is 17.3 Å². The van der Waals surface area contributed by atoms with E-state index in [-0.39, 0.29) is 35.9 Å². The fourth-order valence-electron chi connectivity index (χ4n) is 4.85. The fraction of sp³-hybridized carbons (Fsp3) is 0.310. The number of aromatic amines is 1. The Kier molecular flexibility index (Phi) is 7.94. The summed E-state index contributed by atoms with van der Waals surface area (Å²) in [6, 6.07) is 7.35. The molecule has 3 heterocycles.